The minimum Gasteiger partial charge on any atom is -0.478 e. The van der Waals surface area contributed by atoms with Gasteiger partial charge in [0, 0.05) is 18.1 Å². The van der Waals surface area contributed by atoms with Crippen molar-refractivity contribution in [2.24, 2.45) is 7.05 Å². The normalized spacial score (nSPS) is 13.8. The molecule has 0 aliphatic heterocycles. The number of nitrogens with one attached hydrogen (secondary N) is 1. The summed E-state index contributed by atoms with van der Waals surface area (Å²) in [7, 11) is 1.67. The molecule has 1 amide bonds. The van der Waals surface area contributed by atoms with E-state index in [1.165, 1.54) is 22.2 Å². The SMILES string of the molecule is Cn1nccc1C(=O)Nc1sc2c(c1C(=O)O)CCCC2. The van der Waals surface area contributed by atoms with Crippen molar-refractivity contribution < 1.29 is 14.7 Å². The van der Waals surface area contributed by atoms with E-state index >= 15 is 0 Å². The fourth-order valence-electron chi connectivity index (χ4n) is 2.64. The van der Waals surface area contributed by atoms with Crippen LogP contribution in [-0.2, 0) is 19.9 Å². The Morgan fingerprint density at radius 3 is 2.81 bits per heavy atom. The molecular formula is C14H15N3O3S. The standard InChI is InChI=1S/C14H15N3O3S/c1-17-9(6-7-15-17)12(18)16-13-11(14(19)20)8-4-2-3-5-10(8)21-13/h6-7H,2-5H2,1H3,(H,16,18)(H,19,20). The number of anilines is 1. The maximum absolute atomic E-state index is 12.2. The lowest BCUT2D eigenvalue weighted by molar-refractivity contribution is 0.0697. The number of hydrogen-bond donors (Lipinski definition) is 2. The number of carbonyl (C=O) groups is 2. The van der Waals surface area contributed by atoms with E-state index in [0.717, 1.165) is 36.1 Å². The Balaban J connectivity index is 1.95. The number of nitrogens with zero attached hydrogens (tertiary/aromatic N) is 2. The van der Waals surface area contributed by atoms with Gasteiger partial charge in [-0.05, 0) is 37.3 Å². The number of amides is 1. The Labute approximate surface area is 125 Å². The summed E-state index contributed by atoms with van der Waals surface area (Å²) in [5, 5.41) is 16.6. The van der Waals surface area contributed by atoms with Crippen molar-refractivity contribution in [3.05, 3.63) is 34.0 Å². The van der Waals surface area contributed by atoms with Gasteiger partial charge >= 0.3 is 5.97 Å². The predicted molar refractivity (Wildman–Crippen MR) is 79.1 cm³/mol. The van der Waals surface area contributed by atoms with Gasteiger partial charge < -0.3 is 10.4 Å². The van der Waals surface area contributed by atoms with Crippen molar-refractivity contribution in [3.8, 4) is 0 Å². The summed E-state index contributed by atoms with van der Waals surface area (Å²) < 4.78 is 1.46. The van der Waals surface area contributed by atoms with Crippen molar-refractivity contribution in [1.29, 1.82) is 0 Å². The number of carboxylic acids is 1. The van der Waals surface area contributed by atoms with Crippen LogP contribution in [0, 0.1) is 0 Å². The number of carboxylic acid groups (broad SMARTS) is 1. The molecule has 2 aromatic rings. The van der Waals surface area contributed by atoms with Gasteiger partial charge in [-0.25, -0.2) is 4.79 Å². The van der Waals surface area contributed by atoms with Gasteiger partial charge in [0.1, 0.15) is 10.7 Å². The van der Waals surface area contributed by atoms with E-state index in [1.54, 1.807) is 13.1 Å². The largest absolute Gasteiger partial charge is 0.478 e. The van der Waals surface area contributed by atoms with Crippen LogP contribution >= 0.6 is 11.3 Å². The summed E-state index contributed by atoms with van der Waals surface area (Å²) in [6.45, 7) is 0. The van der Waals surface area contributed by atoms with Crippen LogP contribution in [0.3, 0.4) is 0 Å². The molecule has 0 unspecified atom stereocenters. The molecule has 2 heterocycles. The van der Waals surface area contributed by atoms with Gasteiger partial charge in [0.25, 0.3) is 5.91 Å². The Morgan fingerprint density at radius 1 is 1.38 bits per heavy atom. The van der Waals surface area contributed by atoms with Crippen LogP contribution in [0.4, 0.5) is 5.00 Å². The summed E-state index contributed by atoms with van der Waals surface area (Å²) in [6.07, 6.45) is 5.27. The Bertz CT molecular complexity index is 717. The van der Waals surface area contributed by atoms with Crippen LogP contribution < -0.4 is 5.32 Å². The molecule has 0 saturated carbocycles. The van der Waals surface area contributed by atoms with Gasteiger partial charge in [-0.15, -0.1) is 11.3 Å². The highest BCUT2D eigenvalue weighted by molar-refractivity contribution is 7.17. The summed E-state index contributed by atoms with van der Waals surface area (Å²) in [5.41, 5.74) is 1.54. The molecule has 2 aromatic heterocycles. The Kier molecular flexibility index (Phi) is 3.50. The number of aromatic carboxylic acids is 1. The van der Waals surface area contributed by atoms with E-state index in [1.807, 2.05) is 0 Å². The van der Waals surface area contributed by atoms with Crippen molar-refractivity contribution in [3.63, 3.8) is 0 Å². The zero-order chi connectivity index (χ0) is 15.0. The molecule has 7 heteroatoms. The number of hydrogen-bond acceptors (Lipinski definition) is 4. The van der Waals surface area contributed by atoms with Crippen LogP contribution in [-0.4, -0.2) is 26.8 Å². The van der Waals surface area contributed by atoms with Gasteiger partial charge in [0.05, 0.1) is 5.56 Å². The lowest BCUT2D eigenvalue weighted by Crippen LogP contribution is -2.17. The Hall–Kier alpha value is -2.15. The highest BCUT2D eigenvalue weighted by Crippen LogP contribution is 2.38. The third-order valence-corrected chi connectivity index (χ3v) is 4.87. The number of aryl methyl sites for hydroxylation is 2. The summed E-state index contributed by atoms with van der Waals surface area (Å²) in [4.78, 5) is 24.8. The van der Waals surface area contributed by atoms with Gasteiger partial charge in [0.2, 0.25) is 0 Å². The van der Waals surface area contributed by atoms with E-state index in [9.17, 15) is 14.7 Å². The van der Waals surface area contributed by atoms with Crippen LogP contribution in [0.2, 0.25) is 0 Å². The first-order valence-corrected chi connectivity index (χ1v) is 7.56. The van der Waals surface area contributed by atoms with E-state index in [-0.39, 0.29) is 11.5 Å². The summed E-state index contributed by atoms with van der Waals surface area (Å²) in [6, 6.07) is 1.60. The molecule has 3 rings (SSSR count). The van der Waals surface area contributed by atoms with Gasteiger partial charge in [-0.2, -0.15) is 5.10 Å². The fraction of sp³-hybridized carbons (Fsp3) is 0.357. The van der Waals surface area contributed by atoms with E-state index in [2.05, 4.69) is 10.4 Å². The van der Waals surface area contributed by atoms with E-state index < -0.39 is 5.97 Å². The zero-order valence-corrected chi connectivity index (χ0v) is 12.4. The predicted octanol–water partition coefficient (Wildman–Crippen LogP) is 2.31. The molecule has 0 atom stereocenters. The van der Waals surface area contributed by atoms with Crippen LogP contribution in [0.25, 0.3) is 0 Å². The fourth-order valence-corrected chi connectivity index (χ4v) is 3.92. The van der Waals surface area contributed by atoms with Gasteiger partial charge in [0.15, 0.2) is 0 Å². The Morgan fingerprint density at radius 2 is 2.14 bits per heavy atom. The van der Waals surface area contributed by atoms with Crippen LogP contribution in [0.15, 0.2) is 12.3 Å². The second-order valence-corrected chi connectivity index (χ2v) is 6.12. The molecule has 21 heavy (non-hydrogen) atoms. The first-order valence-electron chi connectivity index (χ1n) is 6.75. The van der Waals surface area contributed by atoms with Crippen LogP contribution in [0.5, 0.6) is 0 Å². The molecule has 0 spiro atoms. The summed E-state index contributed by atoms with van der Waals surface area (Å²) in [5.74, 6) is -1.31. The van der Waals surface area contributed by atoms with Crippen molar-refractivity contribution >= 4 is 28.2 Å². The molecule has 0 aromatic carbocycles. The molecule has 0 radical (unpaired) electrons. The van der Waals surface area contributed by atoms with Crippen molar-refractivity contribution in [2.45, 2.75) is 25.7 Å². The second kappa shape index (κ2) is 5.33. The second-order valence-electron chi connectivity index (χ2n) is 5.01. The quantitative estimate of drug-likeness (QED) is 0.911. The topological polar surface area (TPSA) is 84.2 Å². The molecule has 0 fully saturated rings. The average Bonchev–Trinajstić information content (AvgIpc) is 3.01. The third-order valence-electron chi connectivity index (χ3n) is 3.67. The smallest absolute Gasteiger partial charge is 0.339 e. The molecule has 6 nitrogen and oxygen atoms in total. The zero-order valence-electron chi connectivity index (χ0n) is 11.5. The monoisotopic (exact) mass is 305 g/mol. The van der Waals surface area contributed by atoms with E-state index in [4.69, 9.17) is 0 Å². The maximum Gasteiger partial charge on any atom is 0.339 e. The lowest BCUT2D eigenvalue weighted by Gasteiger charge is -2.10. The maximum atomic E-state index is 12.2. The first-order chi connectivity index (χ1) is 10.1. The third kappa shape index (κ3) is 2.44. The molecule has 0 saturated heterocycles. The lowest BCUT2D eigenvalue weighted by atomic mass is 9.95. The molecular weight excluding hydrogens is 290 g/mol. The average molecular weight is 305 g/mol. The van der Waals surface area contributed by atoms with Crippen molar-refractivity contribution in [2.75, 3.05) is 5.32 Å². The summed E-state index contributed by atoms with van der Waals surface area (Å²) >= 11 is 1.38. The first kappa shape index (κ1) is 13.8. The number of fused-ring (bicyclic) bond motifs is 1. The molecule has 2 N–H and O–H groups in total. The molecule has 110 valence electrons. The highest BCUT2D eigenvalue weighted by Gasteiger charge is 2.26. The molecule has 1 aliphatic rings. The minimum atomic E-state index is -0.977. The highest BCUT2D eigenvalue weighted by atomic mass is 32.1. The van der Waals surface area contributed by atoms with Crippen molar-refractivity contribution in [1.82, 2.24) is 9.78 Å². The number of thiophene rings is 1. The van der Waals surface area contributed by atoms with Crippen LogP contribution in [0.1, 0.15) is 44.1 Å². The molecule has 0 bridgehead atoms. The van der Waals surface area contributed by atoms with Gasteiger partial charge in [-0.1, -0.05) is 0 Å². The number of rotatable bonds is 3. The molecule has 1 aliphatic carbocycles. The number of carbonyl (C=O) groups excluding carboxylic acids is 1. The van der Waals surface area contributed by atoms with E-state index in [0.29, 0.717) is 10.7 Å². The van der Waals surface area contributed by atoms with Gasteiger partial charge in [-0.3, -0.25) is 9.48 Å². The minimum absolute atomic E-state index is 0.255. The number of aromatic nitrogens is 2.